The van der Waals surface area contributed by atoms with Crippen molar-refractivity contribution in [2.75, 3.05) is 11.5 Å². The molecule has 1 atom stereocenters. The van der Waals surface area contributed by atoms with E-state index in [1.165, 1.54) is 5.75 Å². The molecule has 0 bridgehead atoms. The highest BCUT2D eigenvalue weighted by Gasteiger charge is 2.23. The van der Waals surface area contributed by atoms with Gasteiger partial charge >= 0.3 is 0 Å². The van der Waals surface area contributed by atoms with E-state index in [4.69, 9.17) is 23.2 Å². The number of hydrogen-bond donors (Lipinski definition) is 0. The third-order valence-electron chi connectivity index (χ3n) is 2.96. The number of imidazole rings is 1. The van der Waals surface area contributed by atoms with Crippen molar-refractivity contribution >= 4 is 46.1 Å². The number of fused-ring (bicyclic) bond motifs is 1. The highest BCUT2D eigenvalue weighted by Crippen LogP contribution is 2.32. The van der Waals surface area contributed by atoms with Crippen LogP contribution in [0, 0.1) is 0 Å². The molecular weight excluding hydrogens is 277 g/mol. The molecule has 0 radical (unpaired) electrons. The number of rotatable bonds is 2. The molecule has 0 aromatic carbocycles. The smallest absolute Gasteiger partial charge is 0.160 e. The largest absolute Gasteiger partial charge is 0.308 e. The molecule has 0 spiro atoms. The molecule has 3 rings (SSSR count). The maximum atomic E-state index is 5.97. The predicted molar refractivity (Wildman–Crippen MR) is 73.1 cm³/mol. The second-order valence-electron chi connectivity index (χ2n) is 4.05. The molecular formula is C11H11Cl2N3S. The minimum Gasteiger partial charge on any atom is -0.308 e. The van der Waals surface area contributed by atoms with E-state index in [-0.39, 0.29) is 0 Å². The van der Waals surface area contributed by atoms with Crippen molar-refractivity contribution in [3.63, 3.8) is 0 Å². The summed E-state index contributed by atoms with van der Waals surface area (Å²) < 4.78 is 2.18. The van der Waals surface area contributed by atoms with E-state index in [0.717, 1.165) is 29.2 Å². The van der Waals surface area contributed by atoms with Crippen LogP contribution < -0.4 is 0 Å². The Kier molecular flexibility index (Phi) is 3.19. The molecule has 1 fully saturated rings. The van der Waals surface area contributed by atoms with Crippen LogP contribution >= 0.6 is 35.0 Å². The summed E-state index contributed by atoms with van der Waals surface area (Å²) in [6.45, 7) is 0. The van der Waals surface area contributed by atoms with E-state index >= 15 is 0 Å². The van der Waals surface area contributed by atoms with Crippen LogP contribution in [0.1, 0.15) is 18.3 Å². The molecule has 2 aromatic rings. The Morgan fingerprint density at radius 1 is 1.53 bits per heavy atom. The van der Waals surface area contributed by atoms with Gasteiger partial charge in [0.15, 0.2) is 5.65 Å². The highest BCUT2D eigenvalue weighted by molar-refractivity contribution is 7.99. The Labute approximate surface area is 114 Å². The van der Waals surface area contributed by atoms with E-state index in [9.17, 15) is 0 Å². The molecule has 0 aliphatic carbocycles. The van der Waals surface area contributed by atoms with Gasteiger partial charge in [-0.15, -0.1) is 11.6 Å². The first-order valence-electron chi connectivity index (χ1n) is 5.45. The molecule has 17 heavy (non-hydrogen) atoms. The molecule has 1 unspecified atom stereocenters. The Hall–Kier alpha value is -0.450. The zero-order valence-electron chi connectivity index (χ0n) is 9.07. The molecule has 1 aliphatic heterocycles. The molecule has 3 nitrogen and oxygen atoms in total. The van der Waals surface area contributed by atoms with Gasteiger partial charge in [0.05, 0.1) is 10.9 Å². The van der Waals surface area contributed by atoms with E-state index in [0.29, 0.717) is 16.9 Å². The van der Waals surface area contributed by atoms with Gasteiger partial charge in [0.2, 0.25) is 0 Å². The summed E-state index contributed by atoms with van der Waals surface area (Å²) in [5.41, 5.74) is 1.74. The van der Waals surface area contributed by atoms with Crippen LogP contribution in [-0.2, 0) is 5.88 Å². The van der Waals surface area contributed by atoms with E-state index in [1.807, 2.05) is 17.8 Å². The van der Waals surface area contributed by atoms with Crippen molar-refractivity contribution in [1.29, 1.82) is 0 Å². The normalized spacial score (nSPS) is 20.2. The summed E-state index contributed by atoms with van der Waals surface area (Å²) in [7, 11) is 0. The van der Waals surface area contributed by atoms with Crippen LogP contribution in [0.4, 0.5) is 0 Å². The van der Waals surface area contributed by atoms with Crippen molar-refractivity contribution in [2.45, 2.75) is 18.3 Å². The summed E-state index contributed by atoms with van der Waals surface area (Å²) in [4.78, 5) is 8.91. The van der Waals surface area contributed by atoms with Gasteiger partial charge in [-0.2, -0.15) is 11.8 Å². The first-order chi connectivity index (χ1) is 8.29. The van der Waals surface area contributed by atoms with Crippen molar-refractivity contribution in [1.82, 2.24) is 14.5 Å². The summed E-state index contributed by atoms with van der Waals surface area (Å²) in [5.74, 6) is 3.61. The van der Waals surface area contributed by atoms with Crippen molar-refractivity contribution in [2.24, 2.45) is 0 Å². The molecule has 1 aliphatic rings. The second kappa shape index (κ2) is 4.67. The zero-order valence-corrected chi connectivity index (χ0v) is 11.4. The van der Waals surface area contributed by atoms with Crippen LogP contribution in [0.25, 0.3) is 11.2 Å². The number of aromatic nitrogens is 3. The van der Waals surface area contributed by atoms with Gasteiger partial charge in [-0.05, 0) is 18.2 Å². The summed E-state index contributed by atoms with van der Waals surface area (Å²) >= 11 is 13.9. The fourth-order valence-corrected chi connectivity index (χ4v) is 3.74. The third kappa shape index (κ3) is 2.02. The molecule has 90 valence electrons. The highest BCUT2D eigenvalue weighted by atomic mass is 35.5. The van der Waals surface area contributed by atoms with E-state index in [2.05, 4.69) is 14.5 Å². The van der Waals surface area contributed by atoms with Crippen LogP contribution in [0.2, 0.25) is 5.02 Å². The standard InChI is InChI=1S/C11H11Cl2N3S/c12-4-10-15-9-3-7(13)5-14-11(9)16(10)8-1-2-17-6-8/h3,5,8H,1-2,4,6H2. The number of hydrogen-bond acceptors (Lipinski definition) is 3. The molecule has 3 heterocycles. The lowest BCUT2D eigenvalue weighted by molar-refractivity contribution is 0.555. The second-order valence-corrected chi connectivity index (χ2v) is 5.90. The van der Waals surface area contributed by atoms with Crippen molar-refractivity contribution < 1.29 is 0 Å². The number of halogens is 2. The minimum atomic E-state index is 0.412. The van der Waals surface area contributed by atoms with Crippen molar-refractivity contribution in [3.8, 4) is 0 Å². The third-order valence-corrected chi connectivity index (χ3v) is 4.55. The van der Waals surface area contributed by atoms with Crippen LogP contribution in [0.3, 0.4) is 0 Å². The Bertz CT molecular complexity index is 549. The quantitative estimate of drug-likeness (QED) is 0.792. The average Bonchev–Trinajstić information content (AvgIpc) is 2.93. The number of alkyl halides is 1. The lowest BCUT2D eigenvalue weighted by Crippen LogP contribution is -2.11. The van der Waals surface area contributed by atoms with Crippen molar-refractivity contribution in [3.05, 3.63) is 23.1 Å². The number of pyridine rings is 1. The zero-order chi connectivity index (χ0) is 11.8. The summed E-state index contributed by atoms with van der Waals surface area (Å²) in [6, 6.07) is 2.31. The van der Waals surface area contributed by atoms with Crippen LogP contribution in [0.15, 0.2) is 12.3 Å². The van der Waals surface area contributed by atoms with Crippen LogP contribution in [0.5, 0.6) is 0 Å². The maximum absolute atomic E-state index is 5.97. The monoisotopic (exact) mass is 287 g/mol. The first kappa shape index (κ1) is 11.6. The fraction of sp³-hybridized carbons (Fsp3) is 0.455. The molecule has 0 amide bonds. The molecule has 0 saturated carbocycles. The topological polar surface area (TPSA) is 30.7 Å². The van der Waals surface area contributed by atoms with Gasteiger partial charge in [0.25, 0.3) is 0 Å². The average molecular weight is 288 g/mol. The number of nitrogens with zero attached hydrogens (tertiary/aromatic N) is 3. The van der Waals surface area contributed by atoms with E-state index < -0.39 is 0 Å². The lowest BCUT2D eigenvalue weighted by Gasteiger charge is -2.13. The summed E-state index contributed by atoms with van der Waals surface area (Å²) in [5, 5.41) is 0.615. The van der Waals surface area contributed by atoms with Gasteiger partial charge in [-0.3, -0.25) is 0 Å². The predicted octanol–water partition coefficient (Wildman–Crippen LogP) is 3.50. The minimum absolute atomic E-state index is 0.412. The lowest BCUT2D eigenvalue weighted by atomic mass is 10.2. The van der Waals surface area contributed by atoms with Crippen LogP contribution in [-0.4, -0.2) is 26.0 Å². The molecule has 0 N–H and O–H groups in total. The molecule has 2 aromatic heterocycles. The van der Waals surface area contributed by atoms with Gasteiger partial charge in [0.1, 0.15) is 11.3 Å². The SMILES string of the molecule is ClCc1nc2cc(Cl)cnc2n1C1CCSC1. The molecule has 6 heteroatoms. The van der Waals surface area contributed by atoms with Gasteiger partial charge in [-0.1, -0.05) is 11.6 Å². The van der Waals surface area contributed by atoms with Gasteiger partial charge in [0, 0.05) is 18.0 Å². The van der Waals surface area contributed by atoms with E-state index in [1.54, 1.807) is 6.20 Å². The Balaban J connectivity index is 2.19. The summed E-state index contributed by atoms with van der Waals surface area (Å²) in [6.07, 6.45) is 2.83. The van der Waals surface area contributed by atoms with Gasteiger partial charge in [-0.25, -0.2) is 9.97 Å². The fourth-order valence-electron chi connectivity index (χ4n) is 2.21. The molecule has 1 saturated heterocycles. The first-order valence-corrected chi connectivity index (χ1v) is 7.52. The maximum Gasteiger partial charge on any atom is 0.160 e. The van der Waals surface area contributed by atoms with Gasteiger partial charge < -0.3 is 4.57 Å². The number of thioether (sulfide) groups is 1. The Morgan fingerprint density at radius 2 is 2.41 bits per heavy atom. The Morgan fingerprint density at radius 3 is 3.12 bits per heavy atom.